The number of ketones is 1. The zero-order valence-electron chi connectivity index (χ0n) is 15.3. The second-order valence-corrected chi connectivity index (χ2v) is 7.14. The van der Waals surface area contributed by atoms with E-state index in [9.17, 15) is 14.4 Å². The number of carbonyl (C=O) groups is 3. The molecule has 2 amide bonds. The Morgan fingerprint density at radius 3 is 2.59 bits per heavy atom. The highest BCUT2D eigenvalue weighted by Gasteiger charge is 2.43. The molecule has 5 nitrogen and oxygen atoms in total. The standard InChI is InChI=1S/C22H22N2O3/c1-2-24-13-18(20(25)22(24)27)21(26)23-19-11-9-16-12-15(8-10-17(16)19)14-6-4-3-5-7-14/h3-8,10,12,18-19H,2,9,11,13H2,1H3,(H,23,26)/t18?,19-/m1/s1. The molecule has 1 aliphatic heterocycles. The number of carbonyl (C=O) groups excluding carboxylic acids is 3. The first-order valence-corrected chi connectivity index (χ1v) is 9.40. The number of nitrogens with one attached hydrogen (secondary N) is 1. The molecule has 2 aromatic rings. The third-order valence-electron chi connectivity index (χ3n) is 5.56. The van der Waals surface area contributed by atoms with Gasteiger partial charge in [-0.25, -0.2) is 0 Å². The van der Waals surface area contributed by atoms with Crippen LogP contribution < -0.4 is 5.32 Å². The highest BCUT2D eigenvalue weighted by Crippen LogP contribution is 2.34. The zero-order chi connectivity index (χ0) is 19.0. The number of amides is 2. The predicted molar refractivity (Wildman–Crippen MR) is 102 cm³/mol. The van der Waals surface area contributed by atoms with Crippen LogP contribution in [0.15, 0.2) is 48.5 Å². The van der Waals surface area contributed by atoms with Gasteiger partial charge in [-0.3, -0.25) is 14.4 Å². The molecule has 0 bridgehead atoms. The van der Waals surface area contributed by atoms with Gasteiger partial charge in [0, 0.05) is 13.1 Å². The maximum absolute atomic E-state index is 12.6. The fraction of sp³-hybridized carbons (Fsp3) is 0.318. The number of fused-ring (bicyclic) bond motifs is 1. The minimum atomic E-state index is -0.884. The highest BCUT2D eigenvalue weighted by molar-refractivity contribution is 6.42. The number of nitrogens with zero attached hydrogens (tertiary/aromatic N) is 1. The minimum absolute atomic E-state index is 0.101. The number of likely N-dealkylation sites (N-methyl/N-ethyl adjacent to an activating group) is 1. The van der Waals surface area contributed by atoms with Crippen molar-refractivity contribution in [3.8, 4) is 11.1 Å². The number of aryl methyl sites for hydroxylation is 1. The van der Waals surface area contributed by atoms with E-state index >= 15 is 0 Å². The molecule has 5 heteroatoms. The lowest BCUT2D eigenvalue weighted by Crippen LogP contribution is -2.37. The number of Topliss-reactive ketones (excluding diaryl/α,β-unsaturated/α-hetero) is 1. The van der Waals surface area contributed by atoms with Gasteiger partial charge < -0.3 is 10.2 Å². The van der Waals surface area contributed by atoms with Crippen LogP contribution in [-0.2, 0) is 20.8 Å². The summed E-state index contributed by atoms with van der Waals surface area (Å²) in [5, 5.41) is 2.99. The quantitative estimate of drug-likeness (QED) is 0.671. The van der Waals surface area contributed by atoms with Gasteiger partial charge in [-0.1, -0.05) is 48.5 Å². The molecular formula is C22H22N2O3. The van der Waals surface area contributed by atoms with Gasteiger partial charge in [-0.15, -0.1) is 0 Å². The van der Waals surface area contributed by atoms with E-state index in [4.69, 9.17) is 0 Å². The molecule has 0 radical (unpaired) electrons. The SMILES string of the molecule is CCN1CC(C(=O)N[C@@H]2CCc3cc(-c4ccccc4)ccc32)C(=O)C1=O. The maximum atomic E-state index is 12.6. The summed E-state index contributed by atoms with van der Waals surface area (Å²) in [7, 11) is 0. The zero-order valence-corrected chi connectivity index (χ0v) is 15.3. The molecule has 1 heterocycles. The molecule has 2 aliphatic rings. The molecule has 1 saturated heterocycles. The third-order valence-corrected chi connectivity index (χ3v) is 5.56. The lowest BCUT2D eigenvalue weighted by Gasteiger charge is -2.17. The Morgan fingerprint density at radius 1 is 1.11 bits per heavy atom. The molecule has 4 rings (SSSR count). The van der Waals surface area contributed by atoms with Crippen LogP contribution in [0, 0.1) is 5.92 Å². The van der Waals surface area contributed by atoms with Crippen LogP contribution in [-0.4, -0.2) is 35.6 Å². The number of hydrogen-bond donors (Lipinski definition) is 1. The molecule has 27 heavy (non-hydrogen) atoms. The van der Waals surface area contributed by atoms with E-state index in [1.165, 1.54) is 16.0 Å². The first-order valence-electron chi connectivity index (χ1n) is 9.40. The van der Waals surface area contributed by atoms with Crippen molar-refractivity contribution in [1.29, 1.82) is 0 Å². The number of rotatable bonds is 4. The van der Waals surface area contributed by atoms with Crippen LogP contribution in [0.1, 0.15) is 30.5 Å². The summed E-state index contributed by atoms with van der Waals surface area (Å²) in [5.41, 5.74) is 4.66. The van der Waals surface area contributed by atoms with Crippen LogP contribution in [0.25, 0.3) is 11.1 Å². The van der Waals surface area contributed by atoms with Crippen molar-refractivity contribution in [2.75, 3.05) is 13.1 Å². The van der Waals surface area contributed by atoms with E-state index in [1.807, 2.05) is 25.1 Å². The van der Waals surface area contributed by atoms with E-state index in [-0.39, 0.29) is 18.5 Å². The molecule has 2 aromatic carbocycles. The van der Waals surface area contributed by atoms with Crippen LogP contribution in [0.3, 0.4) is 0 Å². The summed E-state index contributed by atoms with van der Waals surface area (Å²) in [6.07, 6.45) is 1.70. The van der Waals surface area contributed by atoms with Gasteiger partial charge in [0.25, 0.3) is 5.91 Å². The summed E-state index contributed by atoms with van der Waals surface area (Å²) in [6, 6.07) is 16.4. The molecule has 0 aromatic heterocycles. The van der Waals surface area contributed by atoms with Crippen LogP contribution in [0.4, 0.5) is 0 Å². The van der Waals surface area contributed by atoms with Crippen molar-refractivity contribution in [3.63, 3.8) is 0 Å². The molecule has 138 valence electrons. The fourth-order valence-corrected chi connectivity index (χ4v) is 4.02. The molecular weight excluding hydrogens is 340 g/mol. The number of hydrogen-bond acceptors (Lipinski definition) is 3. The van der Waals surface area contributed by atoms with Crippen molar-refractivity contribution in [1.82, 2.24) is 10.2 Å². The van der Waals surface area contributed by atoms with Gasteiger partial charge in [0.15, 0.2) is 0 Å². The summed E-state index contributed by atoms with van der Waals surface area (Å²) in [4.78, 5) is 38.0. The molecule has 1 aliphatic carbocycles. The van der Waals surface area contributed by atoms with Gasteiger partial charge in [-0.2, -0.15) is 0 Å². The van der Waals surface area contributed by atoms with Gasteiger partial charge >= 0.3 is 0 Å². The Bertz CT molecular complexity index is 907. The van der Waals surface area contributed by atoms with Crippen LogP contribution in [0.5, 0.6) is 0 Å². The first kappa shape index (κ1) is 17.5. The van der Waals surface area contributed by atoms with E-state index in [2.05, 4.69) is 35.6 Å². The minimum Gasteiger partial charge on any atom is -0.349 e. The Morgan fingerprint density at radius 2 is 1.89 bits per heavy atom. The van der Waals surface area contributed by atoms with Crippen molar-refractivity contribution in [2.45, 2.75) is 25.8 Å². The normalized spacial score (nSPS) is 21.4. The lowest BCUT2D eigenvalue weighted by atomic mass is 9.99. The summed E-state index contributed by atoms with van der Waals surface area (Å²) < 4.78 is 0. The highest BCUT2D eigenvalue weighted by atomic mass is 16.2. The van der Waals surface area contributed by atoms with Gasteiger partial charge in [-0.05, 0) is 42.0 Å². The van der Waals surface area contributed by atoms with Crippen LogP contribution >= 0.6 is 0 Å². The summed E-state index contributed by atoms with van der Waals surface area (Å²) in [6.45, 7) is 2.44. The van der Waals surface area contributed by atoms with E-state index in [0.29, 0.717) is 6.54 Å². The average Bonchev–Trinajstić information content (AvgIpc) is 3.23. The molecule has 0 saturated carbocycles. The smallest absolute Gasteiger partial charge is 0.290 e. The monoisotopic (exact) mass is 362 g/mol. The molecule has 0 spiro atoms. The van der Waals surface area contributed by atoms with Gasteiger partial charge in [0.1, 0.15) is 5.92 Å². The third kappa shape index (κ3) is 3.14. The summed E-state index contributed by atoms with van der Waals surface area (Å²) >= 11 is 0. The average molecular weight is 362 g/mol. The Labute approximate surface area is 158 Å². The second-order valence-electron chi connectivity index (χ2n) is 7.14. The van der Waals surface area contributed by atoms with E-state index in [1.54, 1.807) is 0 Å². The number of benzene rings is 2. The Balaban J connectivity index is 1.49. The molecule has 2 atom stereocenters. The van der Waals surface area contributed by atoms with Crippen molar-refractivity contribution >= 4 is 17.6 Å². The molecule has 1 N–H and O–H groups in total. The van der Waals surface area contributed by atoms with E-state index in [0.717, 1.165) is 24.0 Å². The van der Waals surface area contributed by atoms with Crippen molar-refractivity contribution in [2.24, 2.45) is 5.92 Å². The first-order chi connectivity index (χ1) is 13.1. The number of likely N-dealkylation sites (tertiary alicyclic amines) is 1. The molecule has 1 fully saturated rings. The largest absolute Gasteiger partial charge is 0.349 e. The van der Waals surface area contributed by atoms with Crippen molar-refractivity contribution < 1.29 is 14.4 Å². The van der Waals surface area contributed by atoms with Gasteiger partial charge in [0.05, 0.1) is 6.04 Å². The summed E-state index contributed by atoms with van der Waals surface area (Å²) in [5.74, 6) is -2.36. The second kappa shape index (κ2) is 6.99. The van der Waals surface area contributed by atoms with E-state index < -0.39 is 17.6 Å². The Hall–Kier alpha value is -2.95. The van der Waals surface area contributed by atoms with Crippen LogP contribution in [0.2, 0.25) is 0 Å². The fourth-order valence-electron chi connectivity index (χ4n) is 4.02. The molecule has 1 unspecified atom stereocenters. The predicted octanol–water partition coefficient (Wildman–Crippen LogP) is 2.50. The van der Waals surface area contributed by atoms with Gasteiger partial charge in [0.2, 0.25) is 11.7 Å². The Kier molecular flexibility index (Phi) is 4.52. The topological polar surface area (TPSA) is 66.5 Å². The maximum Gasteiger partial charge on any atom is 0.290 e. The lowest BCUT2D eigenvalue weighted by molar-refractivity contribution is -0.142. The van der Waals surface area contributed by atoms with Crippen molar-refractivity contribution in [3.05, 3.63) is 59.7 Å².